The molecule has 2 amide bonds. The average Bonchev–Trinajstić information content (AvgIpc) is 3.02. The first-order valence-electron chi connectivity index (χ1n) is 8.72. The molecule has 10 heteroatoms. The Balaban J connectivity index is 1.77. The number of fused-ring (bicyclic) bond motifs is 1. The fourth-order valence-electron chi connectivity index (χ4n) is 3.06. The van der Waals surface area contributed by atoms with E-state index in [1.165, 1.54) is 35.5 Å². The number of benzene rings is 1. The van der Waals surface area contributed by atoms with Crippen LogP contribution in [0.25, 0.3) is 0 Å². The van der Waals surface area contributed by atoms with E-state index in [1.807, 2.05) is 6.92 Å². The highest BCUT2D eigenvalue weighted by molar-refractivity contribution is 7.92. The van der Waals surface area contributed by atoms with Crippen LogP contribution in [0.15, 0.2) is 29.2 Å². The first-order chi connectivity index (χ1) is 13.7. The molecule has 8 nitrogen and oxygen atoms in total. The summed E-state index contributed by atoms with van der Waals surface area (Å²) in [6.07, 6.45) is -0.00112. The molecule has 3 rings (SSSR count). The maximum atomic E-state index is 12.5. The zero-order chi connectivity index (χ0) is 21.2. The summed E-state index contributed by atoms with van der Waals surface area (Å²) in [4.78, 5) is 26.5. The number of nitrogens with zero attached hydrogens (tertiary/aromatic N) is 2. The Morgan fingerprint density at radius 2 is 2.00 bits per heavy atom. The van der Waals surface area contributed by atoms with Crippen LogP contribution in [-0.2, 0) is 32.3 Å². The molecule has 1 aromatic carbocycles. The molecule has 2 heterocycles. The van der Waals surface area contributed by atoms with Crippen LogP contribution < -0.4 is 5.32 Å². The molecular formula is C19H19N3O5S2. The van der Waals surface area contributed by atoms with Gasteiger partial charge in [-0.05, 0) is 31.0 Å². The van der Waals surface area contributed by atoms with Gasteiger partial charge in [-0.2, -0.15) is 5.26 Å². The van der Waals surface area contributed by atoms with Crippen molar-refractivity contribution in [1.82, 2.24) is 4.90 Å². The van der Waals surface area contributed by atoms with Gasteiger partial charge in [-0.1, -0.05) is 17.7 Å². The van der Waals surface area contributed by atoms with Crippen molar-refractivity contribution in [2.24, 2.45) is 0 Å². The van der Waals surface area contributed by atoms with Crippen LogP contribution in [0.2, 0.25) is 0 Å². The Morgan fingerprint density at radius 3 is 2.62 bits per heavy atom. The summed E-state index contributed by atoms with van der Waals surface area (Å²) in [5.41, 5.74) is 2.00. The zero-order valence-corrected chi connectivity index (χ0v) is 17.5. The lowest BCUT2D eigenvalue weighted by atomic mass is 10.0. The van der Waals surface area contributed by atoms with Crippen molar-refractivity contribution in [3.8, 4) is 6.07 Å². The van der Waals surface area contributed by atoms with E-state index in [2.05, 4.69) is 11.4 Å². The number of thiophene rings is 1. The van der Waals surface area contributed by atoms with Crippen LogP contribution in [0.3, 0.4) is 0 Å². The van der Waals surface area contributed by atoms with Crippen LogP contribution >= 0.6 is 11.3 Å². The first-order valence-corrected chi connectivity index (χ1v) is 11.2. The Morgan fingerprint density at radius 1 is 1.31 bits per heavy atom. The molecule has 0 saturated heterocycles. The normalized spacial score (nSPS) is 13.3. The molecular weight excluding hydrogens is 414 g/mol. The topological polar surface area (TPSA) is 117 Å². The summed E-state index contributed by atoms with van der Waals surface area (Å²) in [6.45, 7) is 2.52. The van der Waals surface area contributed by atoms with E-state index < -0.39 is 27.6 Å². The number of hydrogen-bond donors (Lipinski definition) is 1. The van der Waals surface area contributed by atoms with Crippen molar-refractivity contribution in [1.29, 1.82) is 5.26 Å². The SMILES string of the molecule is COC(=O)N1CCc2c(sc(NC(=O)CS(=O)(=O)c3ccc(C)cc3)c2C#N)C1. The average molecular weight is 434 g/mol. The number of hydrogen-bond acceptors (Lipinski definition) is 7. The minimum absolute atomic E-state index is 0.0675. The Hall–Kier alpha value is -2.90. The summed E-state index contributed by atoms with van der Waals surface area (Å²) >= 11 is 1.17. The Bertz CT molecular complexity index is 1100. The molecule has 0 fully saturated rings. The van der Waals surface area contributed by atoms with Crippen LogP contribution in [0.5, 0.6) is 0 Å². The quantitative estimate of drug-likeness (QED) is 0.792. The van der Waals surface area contributed by atoms with Crippen LogP contribution in [-0.4, -0.2) is 44.7 Å². The van der Waals surface area contributed by atoms with Crippen LogP contribution in [0.1, 0.15) is 21.6 Å². The fraction of sp³-hybridized carbons (Fsp3) is 0.316. The summed E-state index contributed by atoms with van der Waals surface area (Å²) < 4.78 is 29.7. The molecule has 1 N–H and O–H groups in total. The molecule has 152 valence electrons. The van der Waals surface area contributed by atoms with E-state index in [0.29, 0.717) is 23.5 Å². The molecule has 1 aliphatic heterocycles. The van der Waals surface area contributed by atoms with Gasteiger partial charge in [0.05, 0.1) is 24.1 Å². The molecule has 0 spiro atoms. The number of nitriles is 1. The smallest absolute Gasteiger partial charge is 0.409 e. The lowest BCUT2D eigenvalue weighted by Gasteiger charge is -2.25. The fourth-order valence-corrected chi connectivity index (χ4v) is 5.42. The number of amides is 2. The lowest BCUT2D eigenvalue weighted by molar-refractivity contribution is -0.113. The Labute approximate surface area is 172 Å². The minimum Gasteiger partial charge on any atom is -0.453 e. The van der Waals surface area contributed by atoms with Crippen molar-refractivity contribution < 1.29 is 22.7 Å². The van der Waals surface area contributed by atoms with E-state index >= 15 is 0 Å². The molecule has 0 unspecified atom stereocenters. The van der Waals surface area contributed by atoms with Gasteiger partial charge < -0.3 is 15.0 Å². The molecule has 1 aliphatic rings. The van der Waals surface area contributed by atoms with Crippen molar-refractivity contribution >= 4 is 38.2 Å². The standard InChI is InChI=1S/C19H19N3O5S2/c1-12-3-5-13(6-4-12)29(25,26)11-17(23)21-18-15(9-20)14-7-8-22(19(24)27-2)10-16(14)28-18/h3-6H,7-8,10-11H2,1-2H3,(H,21,23). The highest BCUT2D eigenvalue weighted by atomic mass is 32.2. The lowest BCUT2D eigenvalue weighted by Crippen LogP contribution is -2.35. The van der Waals surface area contributed by atoms with E-state index in [9.17, 15) is 23.3 Å². The number of ether oxygens (including phenoxy) is 1. The molecule has 0 saturated carbocycles. The maximum absolute atomic E-state index is 12.5. The summed E-state index contributed by atoms with van der Waals surface area (Å²) in [5.74, 6) is -1.44. The second-order valence-electron chi connectivity index (χ2n) is 6.58. The van der Waals surface area contributed by atoms with E-state index in [4.69, 9.17) is 4.74 Å². The van der Waals surface area contributed by atoms with Gasteiger partial charge in [0.2, 0.25) is 5.91 Å². The van der Waals surface area contributed by atoms with Gasteiger partial charge >= 0.3 is 6.09 Å². The van der Waals surface area contributed by atoms with Gasteiger partial charge in [0.25, 0.3) is 0 Å². The molecule has 29 heavy (non-hydrogen) atoms. The third-order valence-electron chi connectivity index (χ3n) is 4.56. The van der Waals surface area contributed by atoms with Crippen molar-refractivity contribution in [3.63, 3.8) is 0 Å². The number of anilines is 1. The van der Waals surface area contributed by atoms with Gasteiger partial charge in [0.1, 0.15) is 16.8 Å². The number of sulfone groups is 1. The zero-order valence-electron chi connectivity index (χ0n) is 15.9. The molecule has 2 aromatic rings. The molecule has 0 atom stereocenters. The second-order valence-corrected chi connectivity index (χ2v) is 9.68. The molecule has 0 radical (unpaired) electrons. The summed E-state index contributed by atoms with van der Waals surface area (Å²) in [6, 6.07) is 8.34. The third kappa shape index (κ3) is 4.41. The number of carbonyl (C=O) groups excluding carboxylic acids is 2. The van der Waals surface area contributed by atoms with E-state index in [-0.39, 0.29) is 11.4 Å². The highest BCUT2D eigenvalue weighted by Crippen LogP contribution is 2.36. The molecule has 0 bridgehead atoms. The van der Waals surface area contributed by atoms with Crippen molar-refractivity contribution in [2.45, 2.75) is 24.8 Å². The third-order valence-corrected chi connectivity index (χ3v) is 7.32. The number of nitrogens with one attached hydrogen (secondary N) is 1. The van der Waals surface area contributed by atoms with Crippen LogP contribution in [0, 0.1) is 18.3 Å². The summed E-state index contributed by atoms with van der Waals surface area (Å²) in [5, 5.41) is 12.4. The largest absolute Gasteiger partial charge is 0.453 e. The minimum atomic E-state index is -3.80. The van der Waals surface area contributed by atoms with Gasteiger partial charge in [0.15, 0.2) is 9.84 Å². The number of methoxy groups -OCH3 is 1. The molecule has 0 aliphatic carbocycles. The van der Waals surface area contributed by atoms with Gasteiger partial charge in [0, 0.05) is 11.4 Å². The summed E-state index contributed by atoms with van der Waals surface area (Å²) in [7, 11) is -2.50. The Kier molecular flexibility index (Phi) is 5.91. The van der Waals surface area contributed by atoms with Crippen molar-refractivity contribution in [3.05, 3.63) is 45.8 Å². The van der Waals surface area contributed by atoms with Gasteiger partial charge in [-0.3, -0.25) is 4.79 Å². The number of rotatable bonds is 4. The van der Waals surface area contributed by atoms with Crippen LogP contribution in [0.4, 0.5) is 9.80 Å². The number of carbonyl (C=O) groups is 2. The highest BCUT2D eigenvalue weighted by Gasteiger charge is 2.28. The number of aryl methyl sites for hydroxylation is 1. The van der Waals surface area contributed by atoms with Crippen molar-refractivity contribution in [2.75, 3.05) is 24.7 Å². The van der Waals surface area contributed by atoms with Gasteiger partial charge in [-0.15, -0.1) is 11.3 Å². The predicted molar refractivity (Wildman–Crippen MR) is 107 cm³/mol. The van der Waals surface area contributed by atoms with Gasteiger partial charge in [-0.25, -0.2) is 13.2 Å². The maximum Gasteiger partial charge on any atom is 0.409 e. The monoisotopic (exact) mass is 433 g/mol. The van der Waals surface area contributed by atoms with E-state index in [0.717, 1.165) is 16.0 Å². The predicted octanol–water partition coefficient (Wildman–Crippen LogP) is 2.47. The van der Waals surface area contributed by atoms with E-state index in [1.54, 1.807) is 12.1 Å². The second kappa shape index (κ2) is 8.23. The molecule has 1 aromatic heterocycles. The first kappa shape index (κ1) is 20.8.